The molecule has 0 bridgehead atoms. The van der Waals surface area contributed by atoms with E-state index in [2.05, 4.69) is 16.8 Å². The molecule has 6 heteroatoms. The molecule has 1 atom stereocenters. The van der Waals surface area contributed by atoms with Gasteiger partial charge in [0.15, 0.2) is 5.76 Å². The largest absolute Gasteiger partial charge is 0.459 e. The number of carbonyl (C=O) groups excluding carboxylic acids is 2. The van der Waals surface area contributed by atoms with Crippen molar-refractivity contribution in [3.8, 4) is 0 Å². The lowest BCUT2D eigenvalue weighted by Gasteiger charge is -2.32. The summed E-state index contributed by atoms with van der Waals surface area (Å²) in [4.78, 5) is 28.2. The van der Waals surface area contributed by atoms with Crippen molar-refractivity contribution in [2.45, 2.75) is 32.9 Å². The van der Waals surface area contributed by atoms with Gasteiger partial charge in [0.1, 0.15) is 6.04 Å². The van der Waals surface area contributed by atoms with Crippen LogP contribution in [0.25, 0.3) is 0 Å². The molecule has 23 heavy (non-hydrogen) atoms. The summed E-state index contributed by atoms with van der Waals surface area (Å²) in [6, 6.07) is 4.78. The maximum atomic E-state index is 12.9. The molecule has 1 unspecified atom stereocenters. The van der Waals surface area contributed by atoms with Gasteiger partial charge in [0.2, 0.25) is 5.91 Å². The lowest BCUT2D eigenvalue weighted by atomic mass is 10.0. The summed E-state index contributed by atoms with van der Waals surface area (Å²) in [7, 11) is 0. The van der Waals surface area contributed by atoms with Crippen molar-refractivity contribution in [2.24, 2.45) is 5.92 Å². The fourth-order valence-electron chi connectivity index (χ4n) is 2.77. The van der Waals surface area contributed by atoms with Crippen LogP contribution < -0.4 is 5.32 Å². The third-order valence-electron chi connectivity index (χ3n) is 4.08. The fraction of sp³-hybridized carbons (Fsp3) is 0.412. The van der Waals surface area contributed by atoms with Gasteiger partial charge in [-0.05, 0) is 41.5 Å². The highest BCUT2D eigenvalue weighted by Gasteiger charge is 2.31. The molecule has 0 saturated carbocycles. The van der Waals surface area contributed by atoms with Crippen LogP contribution in [0.2, 0.25) is 0 Å². The molecule has 5 nitrogen and oxygen atoms in total. The van der Waals surface area contributed by atoms with Gasteiger partial charge in [-0.1, -0.05) is 13.8 Å². The SMILES string of the molecule is CC(C)C(NC(=O)c1ccco1)C(=O)N1CCc2sccc2C1. The monoisotopic (exact) mass is 332 g/mol. The van der Waals surface area contributed by atoms with Gasteiger partial charge in [0, 0.05) is 18.0 Å². The molecular formula is C17H20N2O3S. The first-order chi connectivity index (χ1) is 11.1. The number of fused-ring (bicyclic) bond motifs is 1. The Labute approximate surface area is 139 Å². The Morgan fingerprint density at radius 1 is 1.35 bits per heavy atom. The Morgan fingerprint density at radius 2 is 2.17 bits per heavy atom. The lowest BCUT2D eigenvalue weighted by Crippen LogP contribution is -2.52. The molecule has 1 N–H and O–H groups in total. The van der Waals surface area contributed by atoms with Crippen LogP contribution in [0.5, 0.6) is 0 Å². The van der Waals surface area contributed by atoms with Crippen molar-refractivity contribution < 1.29 is 14.0 Å². The van der Waals surface area contributed by atoms with E-state index in [-0.39, 0.29) is 23.5 Å². The second-order valence-electron chi connectivity index (χ2n) is 6.05. The third kappa shape index (κ3) is 3.32. The number of carbonyl (C=O) groups is 2. The van der Waals surface area contributed by atoms with Crippen LogP contribution in [0.1, 0.15) is 34.8 Å². The number of furan rings is 1. The Hall–Kier alpha value is -2.08. The minimum Gasteiger partial charge on any atom is -0.459 e. The van der Waals surface area contributed by atoms with E-state index in [4.69, 9.17) is 4.42 Å². The number of hydrogen-bond acceptors (Lipinski definition) is 4. The zero-order valence-corrected chi connectivity index (χ0v) is 14.1. The van der Waals surface area contributed by atoms with Gasteiger partial charge in [-0.2, -0.15) is 0 Å². The Kier molecular flexibility index (Phi) is 4.52. The van der Waals surface area contributed by atoms with Gasteiger partial charge in [-0.15, -0.1) is 11.3 Å². The van der Waals surface area contributed by atoms with Crippen LogP contribution in [0, 0.1) is 5.92 Å². The predicted molar refractivity (Wildman–Crippen MR) is 88.2 cm³/mol. The van der Waals surface area contributed by atoms with Crippen molar-refractivity contribution in [3.63, 3.8) is 0 Å². The molecule has 0 spiro atoms. The van der Waals surface area contributed by atoms with Gasteiger partial charge in [-0.25, -0.2) is 0 Å². The highest BCUT2D eigenvalue weighted by molar-refractivity contribution is 7.10. The Balaban J connectivity index is 1.71. The molecule has 122 valence electrons. The summed E-state index contributed by atoms with van der Waals surface area (Å²) in [5.74, 6) is -0.153. The molecule has 0 aliphatic carbocycles. The first kappa shape index (κ1) is 15.8. The topological polar surface area (TPSA) is 62.6 Å². The van der Waals surface area contributed by atoms with E-state index in [0.29, 0.717) is 13.1 Å². The molecule has 0 fully saturated rings. The molecule has 0 aromatic carbocycles. The fourth-order valence-corrected chi connectivity index (χ4v) is 3.66. The van der Waals surface area contributed by atoms with Gasteiger partial charge in [0.05, 0.1) is 6.26 Å². The molecule has 2 amide bonds. The third-order valence-corrected chi connectivity index (χ3v) is 5.11. The van der Waals surface area contributed by atoms with E-state index < -0.39 is 6.04 Å². The average molecular weight is 332 g/mol. The van der Waals surface area contributed by atoms with Crippen LogP contribution in [0.15, 0.2) is 34.3 Å². The molecule has 2 aromatic heterocycles. The smallest absolute Gasteiger partial charge is 0.287 e. The summed E-state index contributed by atoms with van der Waals surface area (Å²) in [5.41, 5.74) is 1.22. The highest BCUT2D eigenvalue weighted by Crippen LogP contribution is 2.25. The molecule has 0 radical (unpaired) electrons. The molecule has 3 rings (SSSR count). The minimum atomic E-state index is -0.548. The van der Waals surface area contributed by atoms with Crippen molar-refractivity contribution in [1.82, 2.24) is 10.2 Å². The lowest BCUT2D eigenvalue weighted by molar-refractivity contribution is -0.135. The average Bonchev–Trinajstić information content (AvgIpc) is 3.21. The quantitative estimate of drug-likeness (QED) is 0.936. The highest BCUT2D eigenvalue weighted by atomic mass is 32.1. The van der Waals surface area contributed by atoms with Gasteiger partial charge in [-0.3, -0.25) is 9.59 Å². The molecule has 1 aliphatic rings. The van der Waals surface area contributed by atoms with E-state index in [9.17, 15) is 9.59 Å². The van der Waals surface area contributed by atoms with Crippen LogP contribution >= 0.6 is 11.3 Å². The summed E-state index contributed by atoms with van der Waals surface area (Å²) < 4.78 is 5.10. The first-order valence-corrected chi connectivity index (χ1v) is 8.62. The second kappa shape index (κ2) is 6.58. The van der Waals surface area contributed by atoms with Crippen LogP contribution in [-0.2, 0) is 17.8 Å². The summed E-state index contributed by atoms with van der Waals surface area (Å²) in [6.45, 7) is 5.19. The Bertz CT molecular complexity index is 691. The van der Waals surface area contributed by atoms with E-state index in [1.807, 2.05) is 18.7 Å². The van der Waals surface area contributed by atoms with Crippen molar-refractivity contribution in [2.75, 3.05) is 6.54 Å². The normalized spacial score (nSPS) is 15.3. The van der Waals surface area contributed by atoms with Gasteiger partial charge >= 0.3 is 0 Å². The standard InChI is InChI=1S/C17H20N2O3S/c1-11(2)15(18-16(20)13-4-3-8-22-13)17(21)19-7-5-14-12(10-19)6-9-23-14/h3-4,6,8-9,11,15H,5,7,10H2,1-2H3,(H,18,20). The number of nitrogens with zero attached hydrogens (tertiary/aromatic N) is 1. The molecular weight excluding hydrogens is 312 g/mol. The van der Waals surface area contributed by atoms with Crippen LogP contribution in [0.3, 0.4) is 0 Å². The molecule has 1 aliphatic heterocycles. The van der Waals surface area contributed by atoms with Crippen LogP contribution in [0.4, 0.5) is 0 Å². The predicted octanol–water partition coefficient (Wildman–Crippen LogP) is 2.68. The number of hydrogen-bond donors (Lipinski definition) is 1. The number of nitrogens with one attached hydrogen (secondary N) is 1. The van der Waals surface area contributed by atoms with E-state index >= 15 is 0 Å². The minimum absolute atomic E-state index is 0.00489. The van der Waals surface area contributed by atoms with E-state index in [1.54, 1.807) is 23.5 Å². The summed E-state index contributed by atoms with van der Waals surface area (Å²) >= 11 is 1.74. The molecule has 2 aromatic rings. The van der Waals surface area contributed by atoms with Crippen molar-refractivity contribution in [1.29, 1.82) is 0 Å². The van der Waals surface area contributed by atoms with E-state index in [0.717, 1.165) is 6.42 Å². The summed E-state index contributed by atoms with van der Waals surface area (Å²) in [6.07, 6.45) is 2.33. The second-order valence-corrected chi connectivity index (χ2v) is 7.05. The zero-order valence-electron chi connectivity index (χ0n) is 13.2. The number of amides is 2. The maximum absolute atomic E-state index is 12.9. The maximum Gasteiger partial charge on any atom is 0.287 e. The van der Waals surface area contributed by atoms with Gasteiger partial charge < -0.3 is 14.6 Å². The zero-order chi connectivity index (χ0) is 16.4. The Morgan fingerprint density at radius 3 is 2.87 bits per heavy atom. The number of thiophene rings is 1. The summed E-state index contributed by atoms with van der Waals surface area (Å²) in [5, 5.41) is 4.88. The van der Waals surface area contributed by atoms with E-state index in [1.165, 1.54) is 16.7 Å². The number of rotatable bonds is 4. The van der Waals surface area contributed by atoms with Crippen molar-refractivity contribution >= 4 is 23.2 Å². The first-order valence-electron chi connectivity index (χ1n) is 7.74. The van der Waals surface area contributed by atoms with Crippen LogP contribution in [-0.4, -0.2) is 29.3 Å². The van der Waals surface area contributed by atoms with Crippen molar-refractivity contribution in [3.05, 3.63) is 46.0 Å². The molecule has 0 saturated heterocycles. The molecule has 3 heterocycles. The van der Waals surface area contributed by atoms with Gasteiger partial charge in [0.25, 0.3) is 5.91 Å².